The number of carbonyl (C=O) groups is 1. The smallest absolute Gasteiger partial charge is 0.244 e. The van der Waals surface area contributed by atoms with Gasteiger partial charge in [-0.15, -0.1) is 0 Å². The molecule has 0 radical (unpaired) electrons. The Kier molecular flexibility index (Phi) is 4.45. The van der Waals surface area contributed by atoms with Crippen molar-refractivity contribution >= 4 is 5.91 Å². The molecule has 1 aliphatic heterocycles. The lowest BCUT2D eigenvalue weighted by atomic mass is 9.99. The van der Waals surface area contributed by atoms with Crippen LogP contribution in [0.4, 0.5) is 0 Å². The lowest BCUT2D eigenvalue weighted by Crippen LogP contribution is -2.43. The number of rotatable bonds is 5. The number of carbonyl (C=O) groups excluding carboxylic acids is 1. The quantitative estimate of drug-likeness (QED) is 0.897. The molecule has 1 amide bonds. The monoisotopic (exact) mass is 276 g/mol. The molecule has 110 valence electrons. The minimum atomic E-state index is -0.485. The van der Waals surface area contributed by atoms with Crippen LogP contribution in [0.3, 0.4) is 0 Å². The summed E-state index contributed by atoms with van der Waals surface area (Å²) in [6, 6.07) is 8.21. The molecule has 1 aromatic rings. The lowest BCUT2D eigenvalue weighted by molar-refractivity contribution is -0.133. The van der Waals surface area contributed by atoms with Gasteiger partial charge in [0.2, 0.25) is 5.91 Å². The Labute approximate surface area is 121 Å². The Hall–Kier alpha value is -1.39. The number of hydrogen-bond donors (Lipinski definition) is 1. The second kappa shape index (κ2) is 5.94. The van der Waals surface area contributed by atoms with E-state index < -0.39 is 5.54 Å². The van der Waals surface area contributed by atoms with Gasteiger partial charge in [-0.25, -0.2) is 0 Å². The van der Waals surface area contributed by atoms with Crippen LogP contribution in [0.25, 0.3) is 0 Å². The van der Waals surface area contributed by atoms with Crippen LogP contribution in [0, 0.1) is 6.92 Å². The van der Waals surface area contributed by atoms with Crippen molar-refractivity contribution in [3.8, 4) is 0 Å². The Balaban J connectivity index is 2.34. The van der Waals surface area contributed by atoms with Gasteiger partial charge in [-0.3, -0.25) is 10.1 Å². The molecule has 1 N–H and O–H groups in total. The van der Waals surface area contributed by atoms with Gasteiger partial charge in [0.25, 0.3) is 0 Å². The number of amides is 1. The van der Waals surface area contributed by atoms with Crippen molar-refractivity contribution in [2.45, 2.75) is 38.9 Å². The van der Waals surface area contributed by atoms with Crippen LogP contribution in [-0.4, -0.2) is 36.6 Å². The molecule has 1 heterocycles. The molecule has 1 aliphatic rings. The van der Waals surface area contributed by atoms with Crippen molar-refractivity contribution in [2.75, 3.05) is 20.3 Å². The van der Waals surface area contributed by atoms with Gasteiger partial charge in [-0.2, -0.15) is 0 Å². The standard InChI is InChI=1S/C16H24N2O2/c1-5-16(3)15(19)18(10-11-20-4)14(17-16)13-9-7-6-8-12(13)2/h6-9,14,17H,5,10-11H2,1-4H3. The van der Waals surface area contributed by atoms with E-state index in [-0.39, 0.29) is 12.1 Å². The largest absolute Gasteiger partial charge is 0.383 e. The summed E-state index contributed by atoms with van der Waals surface area (Å²) in [7, 11) is 1.66. The first-order valence-electron chi connectivity index (χ1n) is 7.16. The summed E-state index contributed by atoms with van der Waals surface area (Å²) >= 11 is 0. The Morgan fingerprint density at radius 2 is 2.10 bits per heavy atom. The van der Waals surface area contributed by atoms with Gasteiger partial charge in [0, 0.05) is 13.7 Å². The molecule has 2 atom stereocenters. The summed E-state index contributed by atoms with van der Waals surface area (Å²) in [5.41, 5.74) is 1.87. The molecule has 1 aromatic carbocycles. The van der Waals surface area contributed by atoms with Crippen molar-refractivity contribution in [3.63, 3.8) is 0 Å². The molecule has 2 unspecified atom stereocenters. The number of aryl methyl sites for hydroxylation is 1. The van der Waals surface area contributed by atoms with Gasteiger partial charge in [-0.05, 0) is 31.4 Å². The van der Waals surface area contributed by atoms with E-state index in [1.165, 1.54) is 5.56 Å². The van der Waals surface area contributed by atoms with E-state index in [4.69, 9.17) is 4.74 Å². The van der Waals surface area contributed by atoms with Gasteiger partial charge in [0.05, 0.1) is 12.1 Å². The van der Waals surface area contributed by atoms with Crippen LogP contribution in [0.1, 0.15) is 37.6 Å². The second-order valence-corrected chi connectivity index (χ2v) is 5.58. The highest BCUT2D eigenvalue weighted by Gasteiger charge is 2.47. The second-order valence-electron chi connectivity index (χ2n) is 5.58. The number of ether oxygens (including phenoxy) is 1. The first-order valence-corrected chi connectivity index (χ1v) is 7.16. The maximum absolute atomic E-state index is 12.7. The van der Waals surface area contributed by atoms with E-state index in [1.807, 2.05) is 30.9 Å². The van der Waals surface area contributed by atoms with E-state index in [0.29, 0.717) is 13.2 Å². The minimum Gasteiger partial charge on any atom is -0.383 e. The molecular weight excluding hydrogens is 252 g/mol. The Morgan fingerprint density at radius 1 is 1.40 bits per heavy atom. The first kappa shape index (κ1) is 15.0. The zero-order valence-corrected chi connectivity index (χ0v) is 12.8. The van der Waals surface area contributed by atoms with Crippen molar-refractivity contribution < 1.29 is 9.53 Å². The number of nitrogens with zero attached hydrogens (tertiary/aromatic N) is 1. The number of nitrogens with one attached hydrogen (secondary N) is 1. The molecule has 4 nitrogen and oxygen atoms in total. The van der Waals surface area contributed by atoms with Crippen LogP contribution in [0.15, 0.2) is 24.3 Å². The van der Waals surface area contributed by atoms with Crippen LogP contribution >= 0.6 is 0 Å². The topological polar surface area (TPSA) is 41.6 Å². The number of methoxy groups -OCH3 is 1. The van der Waals surface area contributed by atoms with Crippen molar-refractivity contribution in [1.29, 1.82) is 0 Å². The molecular formula is C16H24N2O2. The molecule has 0 spiro atoms. The van der Waals surface area contributed by atoms with Gasteiger partial charge in [-0.1, -0.05) is 31.2 Å². The maximum Gasteiger partial charge on any atom is 0.244 e. The molecule has 2 rings (SSSR count). The van der Waals surface area contributed by atoms with Gasteiger partial charge < -0.3 is 9.64 Å². The SMILES string of the molecule is CCC1(C)NC(c2ccccc2C)N(CCOC)C1=O. The fourth-order valence-corrected chi connectivity index (χ4v) is 2.69. The highest BCUT2D eigenvalue weighted by Crippen LogP contribution is 2.33. The fraction of sp³-hybridized carbons (Fsp3) is 0.562. The molecule has 0 saturated carbocycles. The van der Waals surface area contributed by atoms with E-state index in [9.17, 15) is 4.79 Å². The average molecular weight is 276 g/mol. The van der Waals surface area contributed by atoms with E-state index in [1.54, 1.807) is 7.11 Å². The van der Waals surface area contributed by atoms with Crippen molar-refractivity contribution in [2.24, 2.45) is 0 Å². The molecule has 0 aromatic heterocycles. The summed E-state index contributed by atoms with van der Waals surface area (Å²) in [6.07, 6.45) is 0.710. The third-order valence-electron chi connectivity index (χ3n) is 4.23. The van der Waals surface area contributed by atoms with Gasteiger partial charge in [0.1, 0.15) is 6.17 Å². The van der Waals surface area contributed by atoms with Gasteiger partial charge >= 0.3 is 0 Å². The molecule has 0 aliphatic carbocycles. The number of benzene rings is 1. The zero-order chi connectivity index (χ0) is 14.8. The highest BCUT2D eigenvalue weighted by molar-refractivity contribution is 5.88. The third-order valence-corrected chi connectivity index (χ3v) is 4.23. The van der Waals surface area contributed by atoms with Gasteiger partial charge in [0.15, 0.2) is 0 Å². The molecule has 4 heteroatoms. The van der Waals surface area contributed by atoms with Crippen molar-refractivity contribution in [3.05, 3.63) is 35.4 Å². The highest BCUT2D eigenvalue weighted by atomic mass is 16.5. The fourth-order valence-electron chi connectivity index (χ4n) is 2.69. The normalized spacial score (nSPS) is 26.3. The predicted molar refractivity (Wildman–Crippen MR) is 79.3 cm³/mol. The third kappa shape index (κ3) is 2.58. The van der Waals surface area contributed by atoms with E-state index >= 15 is 0 Å². The van der Waals surface area contributed by atoms with Crippen molar-refractivity contribution in [1.82, 2.24) is 10.2 Å². The molecule has 0 bridgehead atoms. The molecule has 1 saturated heterocycles. The minimum absolute atomic E-state index is 0.0659. The first-order chi connectivity index (χ1) is 9.53. The molecule has 1 fully saturated rings. The lowest BCUT2D eigenvalue weighted by Gasteiger charge is -2.25. The summed E-state index contributed by atoms with van der Waals surface area (Å²) in [4.78, 5) is 14.6. The van der Waals surface area contributed by atoms with Crippen LogP contribution in [0.5, 0.6) is 0 Å². The van der Waals surface area contributed by atoms with E-state index in [2.05, 4.69) is 24.4 Å². The van der Waals surface area contributed by atoms with E-state index in [0.717, 1.165) is 12.0 Å². The average Bonchev–Trinajstić information content (AvgIpc) is 2.70. The van der Waals surface area contributed by atoms with Crippen LogP contribution < -0.4 is 5.32 Å². The summed E-state index contributed by atoms with van der Waals surface area (Å²) < 4.78 is 5.15. The van der Waals surface area contributed by atoms with Crippen LogP contribution in [-0.2, 0) is 9.53 Å². The predicted octanol–water partition coefficient (Wildman–Crippen LogP) is 2.24. The molecule has 20 heavy (non-hydrogen) atoms. The van der Waals surface area contributed by atoms with Crippen LogP contribution in [0.2, 0.25) is 0 Å². The Bertz CT molecular complexity index is 489. The maximum atomic E-state index is 12.7. The summed E-state index contributed by atoms with van der Waals surface area (Å²) in [6.45, 7) is 7.26. The summed E-state index contributed by atoms with van der Waals surface area (Å²) in [5.74, 6) is 0.158. The number of hydrogen-bond acceptors (Lipinski definition) is 3. The Morgan fingerprint density at radius 3 is 2.70 bits per heavy atom. The summed E-state index contributed by atoms with van der Waals surface area (Å²) in [5, 5.41) is 3.50. The zero-order valence-electron chi connectivity index (χ0n) is 12.8.